The van der Waals surface area contributed by atoms with E-state index in [1.54, 1.807) is 36.4 Å². The van der Waals surface area contributed by atoms with Gasteiger partial charge in [-0.3, -0.25) is 9.59 Å². The monoisotopic (exact) mass is 286 g/mol. The van der Waals surface area contributed by atoms with Crippen molar-refractivity contribution >= 4 is 23.4 Å². The summed E-state index contributed by atoms with van der Waals surface area (Å²) in [6, 6.07) is 13.8. The second-order valence-corrected chi connectivity index (χ2v) is 5.09. The molecule has 2 aromatic rings. The molecule has 20 heavy (non-hydrogen) atoms. The van der Waals surface area contributed by atoms with E-state index in [0.717, 1.165) is 5.56 Å². The Morgan fingerprint density at radius 1 is 1.10 bits per heavy atom. The smallest absolute Gasteiger partial charge is 0.322 e. The van der Waals surface area contributed by atoms with Crippen LogP contribution in [-0.2, 0) is 11.2 Å². The van der Waals surface area contributed by atoms with Gasteiger partial charge in [-0.1, -0.05) is 29.8 Å². The fourth-order valence-electron chi connectivity index (χ4n) is 2.27. The lowest BCUT2D eigenvalue weighted by atomic mass is 9.89. The van der Waals surface area contributed by atoms with Crippen molar-refractivity contribution in [3.8, 4) is 5.75 Å². The quantitative estimate of drug-likeness (QED) is 0.368. The molecule has 2 aromatic carbocycles. The first-order valence-corrected chi connectivity index (χ1v) is 6.62. The van der Waals surface area contributed by atoms with E-state index in [-0.39, 0.29) is 5.78 Å². The Bertz CT molecular complexity index is 676. The summed E-state index contributed by atoms with van der Waals surface area (Å²) in [4.78, 5) is 24.4. The highest BCUT2D eigenvalue weighted by Crippen LogP contribution is 2.29. The van der Waals surface area contributed by atoms with Crippen LogP contribution in [-0.4, -0.2) is 11.8 Å². The first-order chi connectivity index (χ1) is 9.65. The maximum Gasteiger partial charge on any atom is 0.322 e. The summed E-state index contributed by atoms with van der Waals surface area (Å²) in [5.74, 6) is -0.978. The Morgan fingerprint density at radius 3 is 2.55 bits per heavy atom. The van der Waals surface area contributed by atoms with Crippen LogP contribution in [0.25, 0.3) is 0 Å². The lowest BCUT2D eigenvalue weighted by molar-refractivity contribution is -0.138. The number of hydrogen-bond donors (Lipinski definition) is 0. The summed E-state index contributed by atoms with van der Waals surface area (Å²) in [5, 5.41) is 0.554. The Balaban J connectivity index is 1.89. The molecule has 0 aliphatic carbocycles. The number of benzene rings is 2. The van der Waals surface area contributed by atoms with Crippen LogP contribution in [0, 0.1) is 5.92 Å². The highest BCUT2D eigenvalue weighted by Gasteiger charge is 2.34. The third-order valence-electron chi connectivity index (χ3n) is 3.34. The molecule has 1 aliphatic rings. The van der Waals surface area contributed by atoms with Crippen LogP contribution in [0.2, 0.25) is 5.02 Å². The van der Waals surface area contributed by atoms with Crippen LogP contribution in [0.15, 0.2) is 48.5 Å². The molecule has 4 heteroatoms. The van der Waals surface area contributed by atoms with Crippen molar-refractivity contribution in [1.82, 2.24) is 0 Å². The van der Waals surface area contributed by atoms with Crippen molar-refractivity contribution < 1.29 is 14.3 Å². The number of para-hydroxylation sites is 1. The van der Waals surface area contributed by atoms with Gasteiger partial charge in [0.15, 0.2) is 5.78 Å². The van der Waals surface area contributed by atoms with Crippen LogP contribution in [0.5, 0.6) is 5.75 Å². The second kappa shape index (κ2) is 5.10. The second-order valence-electron chi connectivity index (χ2n) is 4.66. The maximum atomic E-state index is 12.4. The number of carbonyl (C=O) groups excluding carboxylic acids is 2. The Hall–Kier alpha value is -2.13. The van der Waals surface area contributed by atoms with E-state index in [0.29, 0.717) is 22.8 Å². The topological polar surface area (TPSA) is 43.4 Å². The number of esters is 1. The number of hydrogen-bond acceptors (Lipinski definition) is 3. The average molecular weight is 287 g/mol. The molecule has 0 N–H and O–H groups in total. The largest absolute Gasteiger partial charge is 0.426 e. The molecule has 0 spiro atoms. The fraction of sp³-hybridized carbons (Fsp3) is 0.125. The highest BCUT2D eigenvalue weighted by molar-refractivity contribution is 6.30. The predicted octanol–water partition coefficient (Wildman–Crippen LogP) is 3.30. The van der Waals surface area contributed by atoms with Gasteiger partial charge in [-0.25, -0.2) is 0 Å². The van der Waals surface area contributed by atoms with Gasteiger partial charge in [-0.2, -0.15) is 0 Å². The predicted molar refractivity (Wildman–Crippen MR) is 75.1 cm³/mol. The van der Waals surface area contributed by atoms with Gasteiger partial charge in [-0.15, -0.1) is 0 Å². The average Bonchev–Trinajstić information content (AvgIpc) is 2.46. The summed E-state index contributed by atoms with van der Waals surface area (Å²) in [5.41, 5.74) is 1.34. The van der Waals surface area contributed by atoms with E-state index >= 15 is 0 Å². The van der Waals surface area contributed by atoms with Crippen LogP contribution < -0.4 is 4.74 Å². The molecule has 3 rings (SSSR count). The van der Waals surface area contributed by atoms with Gasteiger partial charge in [0.05, 0.1) is 0 Å². The van der Waals surface area contributed by atoms with E-state index in [9.17, 15) is 9.59 Å². The number of Topliss-reactive ketones (excluding diaryl/α,β-unsaturated/α-hetero) is 1. The number of carbonyl (C=O) groups is 2. The van der Waals surface area contributed by atoms with Crippen molar-refractivity contribution in [3.05, 3.63) is 64.7 Å². The molecule has 1 heterocycles. The number of halogens is 1. The van der Waals surface area contributed by atoms with Crippen LogP contribution in [0.1, 0.15) is 15.9 Å². The zero-order valence-electron chi connectivity index (χ0n) is 10.5. The summed E-state index contributed by atoms with van der Waals surface area (Å²) < 4.78 is 5.22. The van der Waals surface area contributed by atoms with Crippen molar-refractivity contribution in [2.24, 2.45) is 5.92 Å². The van der Waals surface area contributed by atoms with Gasteiger partial charge >= 0.3 is 5.97 Å². The normalized spacial score (nSPS) is 17.2. The van der Waals surface area contributed by atoms with Crippen molar-refractivity contribution in [1.29, 1.82) is 0 Å². The van der Waals surface area contributed by atoms with Crippen LogP contribution in [0.4, 0.5) is 0 Å². The molecule has 0 radical (unpaired) electrons. The van der Waals surface area contributed by atoms with Gasteiger partial charge in [0.2, 0.25) is 0 Å². The lowest BCUT2D eigenvalue weighted by Gasteiger charge is -2.22. The SMILES string of the molecule is O=C1Oc2ccccc2C[C@@H]1C(=O)c1ccc(Cl)cc1. The van der Waals surface area contributed by atoms with Crippen molar-refractivity contribution in [3.63, 3.8) is 0 Å². The van der Waals surface area contributed by atoms with Gasteiger partial charge in [-0.05, 0) is 42.3 Å². The minimum absolute atomic E-state index is 0.235. The van der Waals surface area contributed by atoms with Gasteiger partial charge < -0.3 is 4.74 Å². The highest BCUT2D eigenvalue weighted by atomic mass is 35.5. The molecule has 0 bridgehead atoms. The number of ketones is 1. The van der Waals surface area contributed by atoms with E-state index in [1.807, 2.05) is 12.1 Å². The van der Waals surface area contributed by atoms with Crippen LogP contribution in [0.3, 0.4) is 0 Å². The zero-order valence-corrected chi connectivity index (χ0v) is 11.3. The molecule has 0 saturated carbocycles. The molecule has 3 nitrogen and oxygen atoms in total. The van der Waals surface area contributed by atoms with Crippen molar-refractivity contribution in [2.75, 3.05) is 0 Å². The lowest BCUT2D eigenvalue weighted by Crippen LogP contribution is -2.33. The molecular formula is C16H11ClO3. The van der Waals surface area contributed by atoms with Crippen molar-refractivity contribution in [2.45, 2.75) is 6.42 Å². The first kappa shape index (κ1) is 12.9. The number of rotatable bonds is 2. The molecule has 0 amide bonds. The zero-order chi connectivity index (χ0) is 14.1. The van der Waals surface area contributed by atoms with Gasteiger partial charge in [0, 0.05) is 10.6 Å². The van der Waals surface area contributed by atoms with Gasteiger partial charge in [0.25, 0.3) is 0 Å². The van der Waals surface area contributed by atoms with Gasteiger partial charge in [0.1, 0.15) is 11.7 Å². The van der Waals surface area contributed by atoms with E-state index < -0.39 is 11.9 Å². The molecule has 1 aliphatic heterocycles. The third-order valence-corrected chi connectivity index (χ3v) is 3.59. The summed E-state index contributed by atoms with van der Waals surface area (Å²) >= 11 is 5.79. The standard InChI is InChI=1S/C16H11ClO3/c17-12-7-5-10(6-8-12)15(18)13-9-11-3-1-2-4-14(11)20-16(13)19/h1-8,13H,9H2/t13-/m1/s1. The number of ether oxygens (including phenoxy) is 1. The van der Waals surface area contributed by atoms with E-state index in [4.69, 9.17) is 16.3 Å². The molecule has 1 atom stereocenters. The molecule has 100 valence electrons. The fourth-order valence-corrected chi connectivity index (χ4v) is 2.40. The minimum Gasteiger partial charge on any atom is -0.426 e. The minimum atomic E-state index is -0.786. The first-order valence-electron chi connectivity index (χ1n) is 6.24. The summed E-state index contributed by atoms with van der Waals surface area (Å²) in [7, 11) is 0. The molecule has 0 unspecified atom stereocenters. The Morgan fingerprint density at radius 2 is 1.80 bits per heavy atom. The molecule has 0 aromatic heterocycles. The summed E-state index contributed by atoms with van der Waals surface area (Å²) in [6.45, 7) is 0. The van der Waals surface area contributed by atoms with E-state index in [1.165, 1.54) is 0 Å². The van der Waals surface area contributed by atoms with E-state index in [2.05, 4.69) is 0 Å². The Kier molecular flexibility index (Phi) is 3.28. The number of fused-ring (bicyclic) bond motifs is 1. The molecular weight excluding hydrogens is 276 g/mol. The summed E-state index contributed by atoms with van der Waals surface area (Å²) in [6.07, 6.45) is 0.371. The maximum absolute atomic E-state index is 12.4. The molecule has 0 fully saturated rings. The van der Waals surface area contributed by atoms with Crippen LogP contribution >= 0.6 is 11.6 Å². The third kappa shape index (κ3) is 2.32. The molecule has 0 saturated heterocycles. The Labute approximate surface area is 121 Å².